The average Bonchev–Trinajstić information content (AvgIpc) is 2.28. The topological polar surface area (TPSA) is 82.9 Å². The van der Waals surface area contributed by atoms with Crippen LogP contribution in [0, 0.1) is 0 Å². The molecule has 0 radical (unpaired) electrons. The molecule has 1 N–H and O–H groups in total. The molecule has 0 aliphatic heterocycles. The third-order valence-corrected chi connectivity index (χ3v) is 2.09. The Morgan fingerprint density at radius 2 is 1.89 bits per heavy atom. The van der Waals surface area contributed by atoms with Crippen molar-refractivity contribution in [2.45, 2.75) is 32.5 Å². The molecule has 96 valence electrons. The van der Waals surface area contributed by atoms with Crippen LogP contribution in [-0.2, 0) is 9.53 Å². The zero-order valence-corrected chi connectivity index (χ0v) is 10.6. The minimum absolute atomic E-state index is 0.434. The van der Waals surface area contributed by atoms with Crippen molar-refractivity contribution in [3.63, 3.8) is 0 Å². The molecule has 0 saturated heterocycles. The van der Waals surface area contributed by atoms with Gasteiger partial charge in [0, 0.05) is 0 Å². The lowest BCUT2D eigenvalue weighted by atomic mass is 10.1. The molecule has 0 spiro atoms. The molecule has 0 aromatic heterocycles. The van der Waals surface area contributed by atoms with Gasteiger partial charge in [0.2, 0.25) is 0 Å². The van der Waals surface area contributed by atoms with Crippen LogP contribution in [0.25, 0.3) is 5.53 Å². The summed E-state index contributed by atoms with van der Waals surface area (Å²) in [4.78, 5) is 14.6. The molecule has 0 aliphatic rings. The predicted molar refractivity (Wildman–Crippen MR) is 65.9 cm³/mol. The van der Waals surface area contributed by atoms with Gasteiger partial charge in [-0.2, -0.15) is 4.79 Å². The van der Waals surface area contributed by atoms with Crippen LogP contribution < -0.4 is 0 Å². The van der Waals surface area contributed by atoms with Crippen LogP contribution in [0.2, 0.25) is 0 Å². The second kappa shape index (κ2) is 5.58. The number of hydrogen-bond donors (Lipinski definition) is 1. The maximum absolute atomic E-state index is 11.7. The van der Waals surface area contributed by atoms with Crippen molar-refractivity contribution >= 4 is 11.7 Å². The van der Waals surface area contributed by atoms with Crippen molar-refractivity contribution in [1.29, 1.82) is 0 Å². The molecule has 0 aliphatic carbocycles. The van der Waals surface area contributed by atoms with Crippen LogP contribution in [0.1, 0.15) is 32.4 Å². The molecule has 0 unspecified atom stereocenters. The second-order valence-corrected chi connectivity index (χ2v) is 4.80. The third kappa shape index (κ3) is 3.80. The van der Waals surface area contributed by atoms with Gasteiger partial charge in [0.05, 0.1) is 0 Å². The van der Waals surface area contributed by atoms with Crippen LogP contribution in [0.3, 0.4) is 0 Å². The highest BCUT2D eigenvalue weighted by molar-refractivity contribution is 6.35. The summed E-state index contributed by atoms with van der Waals surface area (Å²) in [5.41, 5.74) is 8.15. The van der Waals surface area contributed by atoms with Gasteiger partial charge in [-0.1, -0.05) is 30.3 Å². The van der Waals surface area contributed by atoms with E-state index in [1.807, 2.05) is 0 Å². The smallest absolute Gasteiger partial charge is 0.420 e. The number of hydrogen-bond acceptors (Lipinski definition) is 3. The monoisotopic (exact) mass is 248 g/mol. The molecule has 1 atom stereocenters. The number of esters is 1. The first-order valence-electron chi connectivity index (χ1n) is 5.53. The SMILES string of the molecule is CC(C)(C)OC(=O)C(=[N+]=[N-])[C@H](O)c1ccccc1. The van der Waals surface area contributed by atoms with Crippen LogP contribution in [-0.4, -0.2) is 27.2 Å². The average molecular weight is 248 g/mol. The molecule has 1 rings (SSSR count). The fourth-order valence-corrected chi connectivity index (χ4v) is 1.33. The van der Waals surface area contributed by atoms with Gasteiger partial charge < -0.3 is 15.4 Å². The van der Waals surface area contributed by atoms with Crippen LogP contribution in [0.5, 0.6) is 0 Å². The number of aliphatic hydroxyl groups excluding tert-OH is 1. The summed E-state index contributed by atoms with van der Waals surface area (Å²) in [6.07, 6.45) is -1.31. The number of ether oxygens (including phenoxy) is 1. The normalized spacial score (nSPS) is 12.4. The number of carbonyl (C=O) groups excluding carboxylic acids is 1. The molecule has 1 aromatic rings. The lowest BCUT2D eigenvalue weighted by Gasteiger charge is -2.18. The molecule has 0 saturated carbocycles. The zero-order chi connectivity index (χ0) is 13.8. The summed E-state index contributed by atoms with van der Waals surface area (Å²) in [7, 11) is 0. The lowest BCUT2D eigenvalue weighted by Crippen LogP contribution is -2.32. The van der Waals surface area contributed by atoms with E-state index >= 15 is 0 Å². The predicted octanol–water partition coefficient (Wildman–Crippen LogP) is 1.73. The van der Waals surface area contributed by atoms with E-state index in [0.717, 1.165) is 0 Å². The maximum Gasteiger partial charge on any atom is 0.420 e. The van der Waals surface area contributed by atoms with Crippen molar-refractivity contribution in [3.05, 3.63) is 41.4 Å². The van der Waals surface area contributed by atoms with Crippen molar-refractivity contribution < 1.29 is 19.4 Å². The van der Waals surface area contributed by atoms with Crippen LogP contribution >= 0.6 is 0 Å². The first kappa shape index (κ1) is 14.1. The number of aliphatic hydroxyl groups is 1. The molecule has 0 fully saturated rings. The maximum atomic E-state index is 11.7. The highest BCUT2D eigenvalue weighted by Crippen LogP contribution is 2.16. The van der Waals surface area contributed by atoms with E-state index < -0.39 is 23.4 Å². The molecular formula is C13H16N2O3. The number of rotatable bonds is 3. The molecule has 18 heavy (non-hydrogen) atoms. The second-order valence-electron chi connectivity index (χ2n) is 4.80. The Labute approximate surface area is 106 Å². The molecule has 5 heteroatoms. The zero-order valence-electron chi connectivity index (χ0n) is 10.6. The first-order chi connectivity index (χ1) is 8.35. The molecular weight excluding hydrogens is 232 g/mol. The van der Waals surface area contributed by atoms with E-state index in [1.54, 1.807) is 51.1 Å². The lowest BCUT2D eigenvalue weighted by molar-refractivity contribution is -0.152. The van der Waals surface area contributed by atoms with Gasteiger partial charge in [-0.3, -0.25) is 0 Å². The van der Waals surface area contributed by atoms with Gasteiger partial charge in [-0.05, 0) is 26.3 Å². The van der Waals surface area contributed by atoms with Crippen LogP contribution in [0.15, 0.2) is 30.3 Å². The van der Waals surface area contributed by atoms with Crippen molar-refractivity contribution in [2.24, 2.45) is 0 Å². The summed E-state index contributed by atoms with van der Waals surface area (Å²) in [5, 5.41) is 9.96. The Hall–Kier alpha value is -1.97. The number of carbonyl (C=O) groups is 1. The quantitative estimate of drug-likeness (QED) is 0.382. The molecule has 0 amide bonds. The van der Waals surface area contributed by atoms with Crippen LogP contribution in [0.4, 0.5) is 0 Å². The molecule has 0 bridgehead atoms. The molecule has 0 heterocycles. The van der Waals surface area contributed by atoms with Crippen molar-refractivity contribution in [3.8, 4) is 0 Å². The highest BCUT2D eigenvalue weighted by atomic mass is 16.6. The Morgan fingerprint density at radius 3 is 2.33 bits per heavy atom. The Bertz CT molecular complexity index is 471. The van der Waals surface area contributed by atoms with E-state index in [4.69, 9.17) is 10.3 Å². The van der Waals surface area contributed by atoms with Gasteiger partial charge in [-0.25, -0.2) is 4.79 Å². The summed E-state index contributed by atoms with van der Waals surface area (Å²) >= 11 is 0. The summed E-state index contributed by atoms with van der Waals surface area (Å²) < 4.78 is 5.04. The summed E-state index contributed by atoms with van der Waals surface area (Å²) in [5.74, 6) is -0.846. The fraction of sp³-hybridized carbons (Fsp3) is 0.385. The number of nitrogens with zero attached hydrogens (tertiary/aromatic N) is 2. The van der Waals surface area contributed by atoms with Crippen molar-refractivity contribution in [2.75, 3.05) is 0 Å². The first-order valence-corrected chi connectivity index (χ1v) is 5.53. The van der Waals surface area contributed by atoms with E-state index in [0.29, 0.717) is 5.56 Å². The standard InChI is InChI=1S/C13H16N2O3/c1-13(2,3)18-12(17)10(15-14)11(16)9-7-5-4-6-8-9/h4-8,11,16H,1-3H3/t11-/m1/s1. The van der Waals surface area contributed by atoms with Gasteiger partial charge in [0.25, 0.3) is 0 Å². The van der Waals surface area contributed by atoms with Gasteiger partial charge in [-0.15, -0.1) is 0 Å². The van der Waals surface area contributed by atoms with Gasteiger partial charge >= 0.3 is 11.7 Å². The summed E-state index contributed by atoms with van der Waals surface area (Å²) in [6, 6.07) is 8.45. The van der Waals surface area contributed by atoms with E-state index in [9.17, 15) is 9.90 Å². The number of benzene rings is 1. The fourth-order valence-electron chi connectivity index (χ4n) is 1.33. The Morgan fingerprint density at radius 1 is 1.33 bits per heavy atom. The molecule has 5 nitrogen and oxygen atoms in total. The van der Waals surface area contributed by atoms with Gasteiger partial charge in [0.15, 0.2) is 6.10 Å². The van der Waals surface area contributed by atoms with E-state index in [-0.39, 0.29) is 0 Å². The Balaban J connectivity index is 2.92. The minimum atomic E-state index is -1.31. The van der Waals surface area contributed by atoms with Gasteiger partial charge in [0.1, 0.15) is 5.60 Å². The van der Waals surface area contributed by atoms with Crippen molar-refractivity contribution in [1.82, 2.24) is 0 Å². The Kier molecular flexibility index (Phi) is 4.37. The minimum Gasteiger partial charge on any atom is -0.451 e. The van der Waals surface area contributed by atoms with E-state index in [1.165, 1.54) is 0 Å². The largest absolute Gasteiger partial charge is 0.451 e. The third-order valence-electron chi connectivity index (χ3n) is 2.09. The highest BCUT2D eigenvalue weighted by Gasteiger charge is 2.34. The molecule has 1 aromatic carbocycles. The summed E-state index contributed by atoms with van der Waals surface area (Å²) in [6.45, 7) is 5.07. The van der Waals surface area contributed by atoms with E-state index in [2.05, 4.69) is 4.79 Å².